The number of aliphatic hydroxyl groups is 4. The Morgan fingerprint density at radius 2 is 1.12 bits per heavy atom. The molecular weight excluding hydrogens is 662 g/mol. The van der Waals surface area contributed by atoms with Crippen molar-refractivity contribution >= 4 is 23.7 Å². The second-order valence-corrected chi connectivity index (χ2v) is 11.3. The number of nitrogens with one attached hydrogen (secondary N) is 1. The van der Waals surface area contributed by atoms with Gasteiger partial charge in [-0.3, -0.25) is 9.59 Å². The van der Waals surface area contributed by atoms with E-state index in [-0.39, 0.29) is 31.2 Å². The van der Waals surface area contributed by atoms with Gasteiger partial charge in [0.15, 0.2) is 10.9 Å². The molecule has 0 aromatic carbocycles. The van der Waals surface area contributed by atoms with Crippen LogP contribution in [0.2, 0.25) is 0 Å². The molecule has 0 aromatic heterocycles. The molecule has 0 saturated carbocycles. The van der Waals surface area contributed by atoms with Crippen LogP contribution < -0.4 is 5.32 Å². The molecule has 1 amide bonds. The zero-order chi connectivity index (χ0) is 35.5. The highest BCUT2D eigenvalue weighted by Gasteiger charge is 2.49. The summed E-state index contributed by atoms with van der Waals surface area (Å²) in [6.45, 7) is 8.67. The van der Waals surface area contributed by atoms with Crippen molar-refractivity contribution in [3.05, 3.63) is 0 Å². The molecule has 284 valence electrons. The molecule has 17 nitrogen and oxygen atoms in total. The molecule has 1 rings (SSSR count). The van der Waals surface area contributed by atoms with Gasteiger partial charge in [0.25, 0.3) is 0 Å². The molecule has 1 saturated heterocycles. The van der Waals surface area contributed by atoms with E-state index in [1.807, 2.05) is 0 Å². The minimum atomic E-state index is -1.58. The maximum Gasteiger partial charge on any atom is 0.217 e. The molecule has 0 spiro atoms. The van der Waals surface area contributed by atoms with Crippen LogP contribution in [0, 0.1) is 0 Å². The van der Waals surface area contributed by atoms with Gasteiger partial charge in [-0.2, -0.15) is 0 Å². The summed E-state index contributed by atoms with van der Waals surface area (Å²) >= 11 is 3.66. The van der Waals surface area contributed by atoms with Crippen molar-refractivity contribution in [2.45, 2.75) is 62.9 Å². The fourth-order valence-corrected chi connectivity index (χ4v) is 4.46. The quantitative estimate of drug-likeness (QED) is 0.0329. The fourth-order valence-electron chi connectivity index (χ4n) is 4.37. The first-order chi connectivity index (χ1) is 23.1. The van der Waals surface area contributed by atoms with Crippen molar-refractivity contribution in [3.8, 4) is 0 Å². The zero-order valence-corrected chi connectivity index (χ0v) is 29.1. The Labute approximate surface area is 288 Å². The lowest BCUT2D eigenvalue weighted by Gasteiger charge is -2.47. The van der Waals surface area contributed by atoms with Crippen LogP contribution in [0.5, 0.6) is 0 Å². The van der Waals surface area contributed by atoms with E-state index in [2.05, 4.69) is 17.9 Å². The number of amides is 1. The van der Waals surface area contributed by atoms with Crippen LogP contribution in [-0.4, -0.2) is 187 Å². The molecule has 6 unspecified atom stereocenters. The van der Waals surface area contributed by atoms with Crippen LogP contribution in [0.3, 0.4) is 0 Å². The smallest absolute Gasteiger partial charge is 0.217 e. The average molecular weight is 720 g/mol. The number of hydrogen-bond donors (Lipinski definition) is 6. The Kier molecular flexibility index (Phi) is 26.8. The first-order valence-electron chi connectivity index (χ1n) is 16.2. The minimum absolute atomic E-state index is 0.00623. The second-order valence-electron chi connectivity index (χ2n) is 10.8. The predicted molar refractivity (Wildman–Crippen MR) is 172 cm³/mol. The van der Waals surface area contributed by atoms with E-state index in [0.717, 1.165) is 0 Å². The number of carbonyl (C=O) groups is 2. The first-order valence-corrected chi connectivity index (χ1v) is 16.6. The van der Waals surface area contributed by atoms with Crippen molar-refractivity contribution in [2.24, 2.45) is 0 Å². The Morgan fingerprint density at radius 3 is 1.48 bits per heavy atom. The monoisotopic (exact) mass is 719 g/mol. The van der Waals surface area contributed by atoms with E-state index in [1.54, 1.807) is 6.92 Å². The molecule has 1 fully saturated rings. The van der Waals surface area contributed by atoms with Crippen LogP contribution in [-0.2, 0) is 57.0 Å². The summed E-state index contributed by atoms with van der Waals surface area (Å²) in [6, 6.07) is -1.00. The van der Waals surface area contributed by atoms with Gasteiger partial charge < -0.3 is 73.1 Å². The van der Waals surface area contributed by atoms with Crippen LogP contribution in [0.1, 0.15) is 26.7 Å². The number of ether oxygens (including phenoxy) is 10. The zero-order valence-electron chi connectivity index (χ0n) is 28.2. The van der Waals surface area contributed by atoms with E-state index >= 15 is 0 Å². The van der Waals surface area contributed by atoms with Gasteiger partial charge in [0.1, 0.15) is 18.3 Å². The molecule has 6 atom stereocenters. The van der Waals surface area contributed by atoms with Gasteiger partial charge in [-0.1, -0.05) is 0 Å². The topological polar surface area (TPSA) is 219 Å². The highest BCUT2D eigenvalue weighted by atomic mass is 32.1. The fraction of sp³-hybridized carbons (Fsp3) is 0.933. The summed E-state index contributed by atoms with van der Waals surface area (Å²) in [4.78, 5) is 22.2. The second kappa shape index (κ2) is 28.6. The third-order valence-corrected chi connectivity index (χ3v) is 6.94. The Hall–Kier alpha value is -1.07. The standard InChI is InChI=1S/C30H57NO16S/c1-23(33)31-27-24(34)21-30(2,47-29(27)28(37)25(35)22-32)46-20-19-45-18-17-44-16-15-43-14-13-42-12-11-41-10-9-40-8-7-39-6-5-38-4-3-26(36)48/h24-25,27-29,32,34-35,37H,3-22H2,1-2H3,(H,31,33)(H,36,48). The summed E-state index contributed by atoms with van der Waals surface area (Å²) in [7, 11) is 0. The van der Waals surface area contributed by atoms with Crippen molar-refractivity contribution < 1.29 is 77.4 Å². The van der Waals surface area contributed by atoms with Gasteiger partial charge in [-0.05, 0) is 6.92 Å². The lowest BCUT2D eigenvalue weighted by Crippen LogP contribution is -2.65. The van der Waals surface area contributed by atoms with Gasteiger partial charge >= 0.3 is 0 Å². The number of thiol groups is 1. The third kappa shape index (κ3) is 22.6. The Bertz CT molecular complexity index is 817. The minimum Gasteiger partial charge on any atom is -0.394 e. The number of hydrogen-bond acceptors (Lipinski definition) is 16. The molecule has 0 bridgehead atoms. The summed E-state index contributed by atoms with van der Waals surface area (Å²) in [5, 5.41) is 42.5. The maximum atomic E-state index is 11.6. The molecule has 5 N–H and O–H groups in total. The van der Waals surface area contributed by atoms with Crippen molar-refractivity contribution in [1.29, 1.82) is 0 Å². The van der Waals surface area contributed by atoms with E-state index in [4.69, 9.17) is 47.4 Å². The van der Waals surface area contributed by atoms with Crippen LogP contribution >= 0.6 is 12.6 Å². The molecule has 1 aliphatic heterocycles. The molecule has 0 aromatic rings. The largest absolute Gasteiger partial charge is 0.394 e. The van der Waals surface area contributed by atoms with Crippen LogP contribution in [0.15, 0.2) is 0 Å². The van der Waals surface area contributed by atoms with E-state index < -0.39 is 48.8 Å². The third-order valence-electron chi connectivity index (χ3n) is 6.72. The van der Waals surface area contributed by atoms with Crippen molar-refractivity contribution in [3.63, 3.8) is 0 Å². The van der Waals surface area contributed by atoms with Gasteiger partial charge in [0.2, 0.25) is 5.91 Å². The van der Waals surface area contributed by atoms with Crippen LogP contribution in [0.25, 0.3) is 0 Å². The van der Waals surface area contributed by atoms with E-state index in [1.165, 1.54) is 6.92 Å². The Morgan fingerprint density at radius 1 is 0.750 bits per heavy atom. The summed E-state index contributed by atoms with van der Waals surface area (Å²) < 4.78 is 54.9. The number of carbonyl (C=O) groups excluding carboxylic acids is 2. The normalized spacial score (nSPS) is 22.4. The molecular formula is C30H57NO16S. The SMILES string of the molecule is CC(=O)NC1C(O)CC(C)(OCCOCCOCCOCCOCCOCCOCCOCCOCCC(=O)S)OC1C(O)C(O)CO. The highest BCUT2D eigenvalue weighted by molar-refractivity contribution is 7.96. The maximum absolute atomic E-state index is 11.6. The van der Waals surface area contributed by atoms with E-state index in [9.17, 15) is 30.0 Å². The lowest BCUT2D eigenvalue weighted by atomic mass is 9.89. The summed E-state index contributed by atoms with van der Waals surface area (Å²) in [5.74, 6) is -1.78. The number of rotatable bonds is 32. The van der Waals surface area contributed by atoms with Gasteiger partial charge in [-0.15, -0.1) is 12.6 Å². The molecule has 1 heterocycles. The highest BCUT2D eigenvalue weighted by Crippen LogP contribution is 2.32. The predicted octanol–water partition coefficient (Wildman–Crippen LogP) is -1.93. The molecule has 0 aliphatic carbocycles. The van der Waals surface area contributed by atoms with Gasteiger partial charge in [0.05, 0.1) is 131 Å². The van der Waals surface area contributed by atoms with E-state index in [0.29, 0.717) is 99.1 Å². The summed E-state index contributed by atoms with van der Waals surface area (Å²) in [6.07, 6.45) is -5.19. The van der Waals surface area contributed by atoms with Crippen molar-refractivity contribution in [1.82, 2.24) is 5.32 Å². The molecule has 18 heteroatoms. The summed E-state index contributed by atoms with van der Waals surface area (Å²) in [5.41, 5.74) is 0. The Balaban J connectivity index is 1.92. The molecule has 48 heavy (non-hydrogen) atoms. The number of aliphatic hydroxyl groups excluding tert-OH is 4. The lowest BCUT2D eigenvalue weighted by molar-refractivity contribution is -0.313. The van der Waals surface area contributed by atoms with Crippen LogP contribution in [0.4, 0.5) is 0 Å². The molecule has 0 radical (unpaired) electrons. The van der Waals surface area contributed by atoms with Gasteiger partial charge in [-0.25, -0.2) is 0 Å². The van der Waals surface area contributed by atoms with Crippen molar-refractivity contribution in [2.75, 3.05) is 119 Å². The van der Waals surface area contributed by atoms with Gasteiger partial charge in [0, 0.05) is 19.8 Å². The molecule has 1 aliphatic rings. The average Bonchev–Trinajstić information content (AvgIpc) is 3.04. The first kappa shape index (κ1) is 45.0.